The first-order valence-corrected chi connectivity index (χ1v) is 28.6. The van der Waals surface area contributed by atoms with Crippen LogP contribution in [-0.2, 0) is 66.8 Å². The van der Waals surface area contributed by atoms with Gasteiger partial charge in [-0.05, 0) is 102 Å². The molecule has 0 bridgehead atoms. The molecule has 4 amide bonds. The molecule has 0 aromatic heterocycles. The van der Waals surface area contributed by atoms with Crippen molar-refractivity contribution in [3.8, 4) is 5.75 Å². The Hall–Kier alpha value is -5.43. The molecule has 23 heteroatoms. The summed E-state index contributed by atoms with van der Waals surface area (Å²) in [6.07, 6.45) is 12.0. The number of rotatable bonds is 56. The van der Waals surface area contributed by atoms with E-state index in [0.717, 1.165) is 44.9 Å². The number of hydrogen-bond donors (Lipinski definition) is 7. The summed E-state index contributed by atoms with van der Waals surface area (Å²) in [5.41, 5.74) is 0.211. The summed E-state index contributed by atoms with van der Waals surface area (Å²) >= 11 is 0. The number of likely N-dealkylation sites (N-methyl/N-ethyl adjacent to an activating group) is 1. The molecular formula is C57H95N5O18. The van der Waals surface area contributed by atoms with Crippen molar-refractivity contribution in [2.45, 2.75) is 154 Å². The number of carbonyl (C=O) groups excluding carboxylic acids is 7. The first-order chi connectivity index (χ1) is 38.7. The monoisotopic (exact) mass is 1140 g/mol. The summed E-state index contributed by atoms with van der Waals surface area (Å²) in [6, 6.07) is 4.72. The van der Waals surface area contributed by atoms with Gasteiger partial charge in [-0.3, -0.25) is 33.6 Å². The Morgan fingerprint density at radius 2 is 1.04 bits per heavy atom. The van der Waals surface area contributed by atoms with Crippen LogP contribution in [0.2, 0.25) is 0 Å². The average Bonchev–Trinajstić information content (AvgIpc) is 3.43. The zero-order chi connectivity index (χ0) is 58.9. The number of carbonyl (C=O) groups is 9. The van der Waals surface area contributed by atoms with E-state index in [9.17, 15) is 48.3 Å². The van der Waals surface area contributed by atoms with Gasteiger partial charge in [-0.25, -0.2) is 9.59 Å². The second-order valence-corrected chi connectivity index (χ2v) is 19.4. The van der Waals surface area contributed by atoms with Crippen LogP contribution in [0.1, 0.15) is 153 Å². The summed E-state index contributed by atoms with van der Waals surface area (Å²) in [5, 5.41) is 32.4. The number of unbranched alkanes of at least 4 members (excludes halogenated alkanes) is 8. The number of aliphatic carboxylic acids is 1. The van der Waals surface area contributed by atoms with Crippen molar-refractivity contribution in [3.63, 3.8) is 0 Å². The minimum absolute atomic E-state index is 0.0238. The fourth-order valence-corrected chi connectivity index (χ4v) is 7.92. The van der Waals surface area contributed by atoms with Crippen LogP contribution in [0.15, 0.2) is 24.3 Å². The molecule has 456 valence electrons. The molecule has 23 nitrogen and oxygen atoms in total. The van der Waals surface area contributed by atoms with Gasteiger partial charge in [0, 0.05) is 64.4 Å². The number of ketones is 3. The maximum absolute atomic E-state index is 13.0. The third-order valence-electron chi connectivity index (χ3n) is 12.5. The van der Waals surface area contributed by atoms with Crippen LogP contribution in [-0.4, -0.2) is 188 Å². The van der Waals surface area contributed by atoms with Crippen LogP contribution in [0.4, 0.5) is 0 Å². The van der Waals surface area contributed by atoms with Crippen molar-refractivity contribution in [2.75, 3.05) is 113 Å². The van der Waals surface area contributed by atoms with Gasteiger partial charge in [0.05, 0.1) is 64.5 Å². The molecule has 0 aliphatic heterocycles. The SMILES string of the molecule is CCCOCCOCC(=O)NCCCC[C@H](CC(=O)[C@H](CCCCNC(=O)COCCOCCCC(=O)COCCOCCNC(=O)CC[C@H](NC(=O)CCCCCCCCCOc1ccc(C(=O)O)cc1)C(=O)O)NC)C(C)=O. The molecule has 0 saturated heterocycles. The molecule has 3 atom stereocenters. The smallest absolute Gasteiger partial charge is 0.335 e. The number of aromatic carboxylic acids is 1. The normalized spacial score (nSPS) is 12.2. The summed E-state index contributed by atoms with van der Waals surface area (Å²) in [5.74, 6) is -3.31. The minimum Gasteiger partial charge on any atom is -0.494 e. The van der Waals surface area contributed by atoms with E-state index < -0.39 is 24.0 Å². The highest BCUT2D eigenvalue weighted by Crippen LogP contribution is 2.18. The van der Waals surface area contributed by atoms with E-state index in [1.165, 1.54) is 19.1 Å². The Bertz CT molecular complexity index is 1890. The number of carboxylic acids is 2. The van der Waals surface area contributed by atoms with Crippen molar-refractivity contribution in [3.05, 3.63) is 29.8 Å². The number of amides is 4. The van der Waals surface area contributed by atoms with Gasteiger partial charge in [0.1, 0.15) is 43.2 Å². The van der Waals surface area contributed by atoms with Gasteiger partial charge in [-0.2, -0.15) is 0 Å². The summed E-state index contributed by atoms with van der Waals surface area (Å²) in [7, 11) is 1.72. The Labute approximate surface area is 473 Å². The van der Waals surface area contributed by atoms with E-state index in [-0.39, 0.29) is 144 Å². The van der Waals surface area contributed by atoms with E-state index >= 15 is 0 Å². The highest BCUT2D eigenvalue weighted by atomic mass is 16.5. The first-order valence-electron chi connectivity index (χ1n) is 28.6. The van der Waals surface area contributed by atoms with Crippen LogP contribution in [0.5, 0.6) is 5.75 Å². The molecular weight excluding hydrogens is 1040 g/mol. The second-order valence-electron chi connectivity index (χ2n) is 19.4. The molecule has 1 aromatic carbocycles. The molecule has 0 radical (unpaired) electrons. The molecule has 1 rings (SSSR count). The van der Waals surface area contributed by atoms with Crippen molar-refractivity contribution in [1.29, 1.82) is 0 Å². The molecule has 80 heavy (non-hydrogen) atoms. The zero-order valence-electron chi connectivity index (χ0n) is 47.9. The number of hydrogen-bond acceptors (Lipinski definition) is 17. The van der Waals surface area contributed by atoms with Gasteiger partial charge in [0.25, 0.3) is 0 Å². The lowest BCUT2D eigenvalue weighted by Crippen LogP contribution is -2.41. The first kappa shape index (κ1) is 72.6. The predicted molar refractivity (Wildman–Crippen MR) is 297 cm³/mol. The molecule has 7 N–H and O–H groups in total. The lowest BCUT2D eigenvalue weighted by Gasteiger charge is -2.19. The number of carboxylic acid groups (broad SMARTS) is 2. The summed E-state index contributed by atoms with van der Waals surface area (Å²) in [4.78, 5) is 109. The predicted octanol–water partition coefficient (Wildman–Crippen LogP) is 4.53. The third-order valence-corrected chi connectivity index (χ3v) is 12.5. The molecule has 0 spiro atoms. The number of nitrogens with one attached hydrogen (secondary N) is 5. The van der Waals surface area contributed by atoms with Crippen molar-refractivity contribution in [2.24, 2.45) is 5.92 Å². The largest absolute Gasteiger partial charge is 0.494 e. The lowest BCUT2D eigenvalue weighted by atomic mass is 9.89. The van der Waals surface area contributed by atoms with Crippen molar-refractivity contribution >= 4 is 52.9 Å². The van der Waals surface area contributed by atoms with E-state index in [1.54, 1.807) is 19.2 Å². The quantitative estimate of drug-likeness (QED) is 0.0441. The lowest BCUT2D eigenvalue weighted by molar-refractivity contribution is -0.142. The van der Waals surface area contributed by atoms with Crippen LogP contribution < -0.4 is 31.3 Å². The van der Waals surface area contributed by atoms with E-state index in [4.69, 9.17) is 38.3 Å². The standard InChI is InChI=1S/C57H95N5O18/c1-4-30-74-34-38-78-42-54(68)59-27-13-11-17-46(44(2)63)40-51(65)49(58-3)19-12-14-28-60-55(69)43-79-39-35-75-31-16-18-47(64)41-77-37-36-76-33-29-61-52(66)26-25-50(57(72)73)62-53(67)20-10-8-6-5-7-9-15-32-80-48-23-21-45(22-24-48)56(70)71/h21-24,46,49-50,58H,4-20,25-43H2,1-3H3,(H,59,68)(H,60,69)(H,61,66)(H,62,67)(H,70,71)(H,72,73)/t46-,49+,50+/m1/s1. The molecule has 1 aromatic rings. The average molecular weight is 1140 g/mol. The third kappa shape index (κ3) is 41.6. The van der Waals surface area contributed by atoms with Gasteiger partial charge < -0.3 is 70.0 Å². The van der Waals surface area contributed by atoms with Gasteiger partial charge in [-0.15, -0.1) is 0 Å². The molecule has 0 saturated carbocycles. The van der Waals surface area contributed by atoms with Crippen LogP contribution in [0, 0.1) is 5.92 Å². The number of Topliss-reactive ketones (excluding diaryl/α,β-unsaturated/α-hetero) is 3. The molecule has 0 unspecified atom stereocenters. The van der Waals surface area contributed by atoms with Crippen molar-refractivity contribution < 1.29 is 86.5 Å². The van der Waals surface area contributed by atoms with Crippen LogP contribution >= 0.6 is 0 Å². The minimum atomic E-state index is -1.21. The molecule has 0 aliphatic rings. The highest BCUT2D eigenvalue weighted by molar-refractivity contribution is 5.90. The fourth-order valence-electron chi connectivity index (χ4n) is 7.92. The maximum atomic E-state index is 13.0. The molecule has 0 fully saturated rings. The van der Waals surface area contributed by atoms with E-state index in [1.807, 2.05) is 6.92 Å². The highest BCUT2D eigenvalue weighted by Gasteiger charge is 2.24. The Morgan fingerprint density at radius 3 is 1.62 bits per heavy atom. The van der Waals surface area contributed by atoms with E-state index in [0.29, 0.717) is 103 Å². The Balaban J connectivity index is 1.98. The Morgan fingerprint density at radius 1 is 0.487 bits per heavy atom. The van der Waals surface area contributed by atoms with Crippen molar-refractivity contribution in [1.82, 2.24) is 26.6 Å². The van der Waals surface area contributed by atoms with Crippen LogP contribution in [0.25, 0.3) is 0 Å². The van der Waals surface area contributed by atoms with Crippen LogP contribution in [0.3, 0.4) is 0 Å². The Kier molecular flexibility index (Phi) is 44.8. The van der Waals surface area contributed by atoms with Gasteiger partial charge >= 0.3 is 11.9 Å². The van der Waals surface area contributed by atoms with Gasteiger partial charge in [0.15, 0.2) is 5.78 Å². The van der Waals surface area contributed by atoms with Gasteiger partial charge in [-0.1, -0.05) is 45.4 Å². The molecule has 0 aliphatic carbocycles. The van der Waals surface area contributed by atoms with E-state index in [2.05, 4.69) is 26.6 Å². The zero-order valence-corrected chi connectivity index (χ0v) is 47.9. The van der Waals surface area contributed by atoms with Gasteiger partial charge in [0.2, 0.25) is 23.6 Å². The number of benzene rings is 1. The topological polar surface area (TPSA) is 319 Å². The number of ether oxygens (including phenoxy) is 7. The summed E-state index contributed by atoms with van der Waals surface area (Å²) in [6.45, 7) is 7.74. The fraction of sp³-hybridized carbons (Fsp3) is 0.737. The second kappa shape index (κ2) is 49.4. The maximum Gasteiger partial charge on any atom is 0.335 e. The summed E-state index contributed by atoms with van der Waals surface area (Å²) < 4.78 is 37.9. The molecule has 0 heterocycles.